The minimum atomic E-state index is -3.69. The number of H-pyrrole nitrogens is 1. The molecule has 0 aliphatic carbocycles. The number of carbonyl (C=O) groups is 1. The maximum absolute atomic E-state index is 13.3. The van der Waals surface area contributed by atoms with E-state index >= 15 is 0 Å². The highest BCUT2D eigenvalue weighted by atomic mass is 32.2. The normalized spacial score (nSPS) is 14.9. The minimum Gasteiger partial charge on any atom is -0.372 e. The van der Waals surface area contributed by atoms with Crippen molar-refractivity contribution in [3.05, 3.63) is 70.0 Å². The molecule has 2 aromatic carbocycles. The van der Waals surface area contributed by atoms with Crippen molar-refractivity contribution >= 4 is 32.5 Å². The van der Waals surface area contributed by atoms with Gasteiger partial charge >= 0.3 is 0 Å². The van der Waals surface area contributed by atoms with E-state index in [1.165, 1.54) is 28.1 Å². The Morgan fingerprint density at radius 1 is 1.05 bits per heavy atom. The number of sulfonamides is 1. The largest absolute Gasteiger partial charge is 0.372 e. The number of anilines is 1. The van der Waals surface area contributed by atoms with E-state index in [-0.39, 0.29) is 16.4 Å². The lowest BCUT2D eigenvalue weighted by atomic mass is 10.1. The summed E-state index contributed by atoms with van der Waals surface area (Å²) in [6.45, 7) is 7.21. The van der Waals surface area contributed by atoms with Crippen molar-refractivity contribution in [2.24, 2.45) is 0 Å². The third-order valence-electron chi connectivity index (χ3n) is 6.90. The molecule has 9 heteroatoms. The van der Waals surface area contributed by atoms with Crippen LogP contribution in [-0.4, -0.2) is 56.3 Å². The number of pyridine rings is 1. The Kier molecular flexibility index (Phi) is 8.66. The van der Waals surface area contributed by atoms with Crippen LogP contribution in [0.1, 0.15) is 54.9 Å². The van der Waals surface area contributed by atoms with Crippen LogP contribution in [0.3, 0.4) is 0 Å². The van der Waals surface area contributed by atoms with Crippen LogP contribution in [0.25, 0.3) is 10.9 Å². The molecule has 2 N–H and O–H groups in total. The van der Waals surface area contributed by atoms with Gasteiger partial charge < -0.3 is 15.2 Å². The lowest BCUT2D eigenvalue weighted by Crippen LogP contribution is -2.32. The van der Waals surface area contributed by atoms with Crippen LogP contribution in [0.4, 0.5) is 5.69 Å². The lowest BCUT2D eigenvalue weighted by Gasteiger charge is -2.23. The summed E-state index contributed by atoms with van der Waals surface area (Å²) >= 11 is 0. The maximum Gasteiger partial charge on any atom is 0.252 e. The predicted molar refractivity (Wildman–Crippen MR) is 148 cm³/mol. The van der Waals surface area contributed by atoms with Crippen LogP contribution in [0, 0.1) is 6.92 Å². The summed E-state index contributed by atoms with van der Waals surface area (Å²) < 4.78 is 28.2. The van der Waals surface area contributed by atoms with E-state index in [1.807, 2.05) is 6.07 Å². The zero-order valence-electron chi connectivity index (χ0n) is 21.6. The number of amides is 1. The molecule has 8 nitrogen and oxygen atoms in total. The molecular formula is C28H36N4O4S. The summed E-state index contributed by atoms with van der Waals surface area (Å²) in [7, 11) is -3.69. The average molecular weight is 525 g/mol. The quantitative estimate of drug-likeness (QED) is 0.411. The summed E-state index contributed by atoms with van der Waals surface area (Å²) in [5.74, 6) is -0.390. The fourth-order valence-electron chi connectivity index (χ4n) is 4.87. The highest BCUT2D eigenvalue weighted by Crippen LogP contribution is 2.25. The van der Waals surface area contributed by atoms with E-state index < -0.39 is 15.6 Å². The van der Waals surface area contributed by atoms with Gasteiger partial charge in [0, 0.05) is 55.4 Å². The lowest BCUT2D eigenvalue weighted by molar-refractivity contribution is 0.0955. The fraction of sp³-hybridized carbons (Fsp3) is 0.429. The Hall–Kier alpha value is -3.17. The molecule has 1 aliphatic heterocycles. The predicted octanol–water partition coefficient (Wildman–Crippen LogP) is 4.05. The van der Waals surface area contributed by atoms with Gasteiger partial charge in [-0.05, 0) is 69.0 Å². The number of aromatic nitrogens is 1. The third kappa shape index (κ3) is 6.40. The molecule has 3 aromatic rings. The molecular weight excluding hydrogens is 488 g/mol. The summed E-state index contributed by atoms with van der Waals surface area (Å²) in [4.78, 5) is 30.5. The SMILES string of the molecule is CCN(CCCNC(=O)c1cc(=O)[nH]c2ccc(S(=O)(=O)N3CCCCCC3)cc12)c1cccc(C)c1. The maximum atomic E-state index is 13.3. The minimum absolute atomic E-state index is 0.139. The van der Waals surface area contributed by atoms with Gasteiger partial charge in [-0.1, -0.05) is 25.0 Å². The van der Waals surface area contributed by atoms with E-state index in [1.54, 1.807) is 6.07 Å². The molecule has 1 fully saturated rings. The van der Waals surface area contributed by atoms with Crippen LogP contribution in [-0.2, 0) is 10.0 Å². The van der Waals surface area contributed by atoms with Gasteiger partial charge in [-0.15, -0.1) is 0 Å². The second-order valence-corrected chi connectivity index (χ2v) is 11.5. The van der Waals surface area contributed by atoms with E-state index in [9.17, 15) is 18.0 Å². The standard InChI is InChI=1S/C28H36N4O4S/c1-3-31(22-11-8-10-21(2)18-22)15-9-14-29-28(34)25-20-27(33)30-26-13-12-23(19-24(25)26)37(35,36)32-16-6-4-5-7-17-32/h8,10-13,18-20H,3-7,9,14-17H2,1-2H3,(H,29,34)(H,30,33). The van der Waals surface area contributed by atoms with Gasteiger partial charge in [-0.3, -0.25) is 9.59 Å². The summed E-state index contributed by atoms with van der Waals surface area (Å²) in [5.41, 5.74) is 2.55. The second-order valence-electron chi connectivity index (χ2n) is 9.60. The van der Waals surface area contributed by atoms with Crippen molar-refractivity contribution in [2.75, 3.05) is 37.6 Å². The average Bonchev–Trinajstić information content (AvgIpc) is 3.18. The number of rotatable bonds is 9. The van der Waals surface area contributed by atoms with Crippen molar-refractivity contribution in [1.82, 2.24) is 14.6 Å². The number of hydrogen-bond acceptors (Lipinski definition) is 5. The molecule has 0 atom stereocenters. The number of carbonyl (C=O) groups excluding carboxylic acids is 1. The zero-order valence-corrected chi connectivity index (χ0v) is 22.4. The number of aryl methyl sites for hydroxylation is 1. The van der Waals surface area contributed by atoms with Crippen molar-refractivity contribution in [2.45, 2.75) is 50.8 Å². The van der Waals surface area contributed by atoms with Gasteiger partial charge in [-0.25, -0.2) is 8.42 Å². The topological polar surface area (TPSA) is 103 Å². The highest BCUT2D eigenvalue weighted by molar-refractivity contribution is 7.89. The fourth-order valence-corrected chi connectivity index (χ4v) is 6.42. The van der Waals surface area contributed by atoms with Crippen LogP contribution >= 0.6 is 0 Å². The Bertz CT molecular complexity index is 1410. The first-order valence-electron chi connectivity index (χ1n) is 13.1. The van der Waals surface area contributed by atoms with E-state index in [0.29, 0.717) is 30.5 Å². The molecule has 4 rings (SSSR count). The Balaban J connectivity index is 1.50. The molecule has 0 unspecified atom stereocenters. The highest BCUT2D eigenvalue weighted by Gasteiger charge is 2.26. The van der Waals surface area contributed by atoms with E-state index in [0.717, 1.165) is 50.9 Å². The van der Waals surface area contributed by atoms with Crippen LogP contribution < -0.4 is 15.8 Å². The molecule has 37 heavy (non-hydrogen) atoms. The molecule has 1 aromatic heterocycles. The van der Waals surface area contributed by atoms with Gasteiger partial charge in [0.25, 0.3) is 5.91 Å². The monoisotopic (exact) mass is 524 g/mol. The number of fused-ring (bicyclic) bond motifs is 1. The van der Waals surface area contributed by atoms with Gasteiger partial charge in [0.05, 0.1) is 10.5 Å². The molecule has 1 saturated heterocycles. The van der Waals surface area contributed by atoms with Gasteiger partial charge in [0.2, 0.25) is 15.6 Å². The summed E-state index contributed by atoms with van der Waals surface area (Å²) in [5, 5.41) is 3.33. The van der Waals surface area contributed by atoms with Gasteiger partial charge in [0.1, 0.15) is 0 Å². The second kappa shape index (κ2) is 11.9. The van der Waals surface area contributed by atoms with Crippen LogP contribution in [0.2, 0.25) is 0 Å². The molecule has 1 aliphatic rings. The third-order valence-corrected chi connectivity index (χ3v) is 8.80. The van der Waals surface area contributed by atoms with Crippen molar-refractivity contribution in [3.63, 3.8) is 0 Å². The number of aromatic amines is 1. The first-order valence-corrected chi connectivity index (χ1v) is 14.5. The molecule has 0 saturated carbocycles. The molecule has 0 spiro atoms. The van der Waals surface area contributed by atoms with E-state index in [4.69, 9.17) is 0 Å². The molecule has 198 valence electrons. The van der Waals surface area contributed by atoms with Crippen LogP contribution in [0.5, 0.6) is 0 Å². The molecule has 0 radical (unpaired) electrons. The Morgan fingerprint density at radius 2 is 1.81 bits per heavy atom. The van der Waals surface area contributed by atoms with E-state index in [2.05, 4.69) is 47.2 Å². The van der Waals surface area contributed by atoms with Gasteiger partial charge in [0.15, 0.2) is 0 Å². The number of benzene rings is 2. The smallest absolute Gasteiger partial charge is 0.252 e. The van der Waals surface area contributed by atoms with Crippen molar-refractivity contribution < 1.29 is 13.2 Å². The Morgan fingerprint density at radius 3 is 2.51 bits per heavy atom. The number of nitrogens with zero attached hydrogens (tertiary/aromatic N) is 2. The first kappa shape index (κ1) is 26.9. The van der Waals surface area contributed by atoms with Crippen LogP contribution in [0.15, 0.2) is 58.2 Å². The van der Waals surface area contributed by atoms with Crippen molar-refractivity contribution in [3.8, 4) is 0 Å². The first-order chi connectivity index (χ1) is 17.8. The zero-order chi connectivity index (χ0) is 26.4. The summed E-state index contributed by atoms with van der Waals surface area (Å²) in [6, 6.07) is 14.1. The number of hydrogen-bond donors (Lipinski definition) is 2. The molecule has 0 bridgehead atoms. The summed E-state index contributed by atoms with van der Waals surface area (Å²) in [6.07, 6.45) is 4.45. The van der Waals surface area contributed by atoms with Crippen molar-refractivity contribution in [1.29, 1.82) is 0 Å². The molecule has 2 heterocycles. The van der Waals surface area contributed by atoms with Gasteiger partial charge in [-0.2, -0.15) is 4.31 Å². The Labute approximate surface area is 218 Å². The number of nitrogens with one attached hydrogen (secondary N) is 2. The molecule has 1 amide bonds.